The molecule has 0 aromatic heterocycles. The lowest BCUT2D eigenvalue weighted by molar-refractivity contribution is -0.159. The molecule has 0 aliphatic rings. The molecule has 0 aliphatic carbocycles. The molecule has 2 N–H and O–H groups in total. The van der Waals surface area contributed by atoms with Crippen molar-refractivity contribution in [3.05, 3.63) is 0 Å². The third kappa shape index (κ3) is 33.2. The number of esters is 1. The second-order valence-corrected chi connectivity index (χ2v) is 11.7. The fourth-order valence-electron chi connectivity index (χ4n) is 4.96. The topological polar surface area (TPSA) is 94.1 Å². The highest BCUT2D eigenvalue weighted by molar-refractivity contribution is 5.72. The molecule has 0 aromatic carbocycles. The number of carbonyl (C=O) groups is 2. The van der Waals surface area contributed by atoms with Gasteiger partial charge in [-0.25, -0.2) is 0 Å². The van der Waals surface area contributed by atoms with Gasteiger partial charge < -0.3 is 24.6 Å². The molecule has 0 aliphatic heterocycles. The number of ether oxygens (including phenoxy) is 3. The summed E-state index contributed by atoms with van der Waals surface area (Å²) >= 11 is 0. The molecule has 0 radical (unpaired) electrons. The molecule has 41 heavy (non-hydrogen) atoms. The quantitative estimate of drug-likeness (QED) is 0.0456. The Morgan fingerprint density at radius 3 is 1.59 bits per heavy atom. The van der Waals surface area contributed by atoms with Gasteiger partial charge in [0.25, 0.3) is 0 Å². The van der Waals surface area contributed by atoms with Crippen LogP contribution in [-0.4, -0.2) is 56.2 Å². The van der Waals surface area contributed by atoms with Crippen LogP contribution in [0.4, 0.5) is 0 Å². The van der Waals surface area contributed by atoms with Crippen molar-refractivity contribution in [3.8, 4) is 0 Å². The highest BCUT2D eigenvalue weighted by Crippen LogP contribution is 2.13. The Morgan fingerprint density at radius 2 is 1.10 bits per heavy atom. The van der Waals surface area contributed by atoms with Crippen molar-refractivity contribution in [2.75, 3.05) is 33.2 Å². The number of carbonyl (C=O) groups excluding carboxylic acids is 2. The lowest BCUT2D eigenvalue weighted by Gasteiger charge is -2.16. The molecule has 0 unspecified atom stereocenters. The van der Waals surface area contributed by atoms with E-state index in [1.807, 2.05) is 0 Å². The molecule has 7 nitrogen and oxygen atoms in total. The maximum atomic E-state index is 12.1. The molecule has 0 bridgehead atoms. The lowest BCUT2D eigenvalue weighted by atomic mass is 10.0. The first-order valence-electron chi connectivity index (χ1n) is 17.3. The maximum absolute atomic E-state index is 12.1. The maximum Gasteiger partial charge on any atom is 0.306 e. The van der Waals surface area contributed by atoms with Crippen LogP contribution in [0.25, 0.3) is 0 Å². The second-order valence-electron chi connectivity index (χ2n) is 11.7. The number of amides is 1. The third-order valence-corrected chi connectivity index (χ3v) is 7.55. The molecule has 7 heteroatoms. The summed E-state index contributed by atoms with van der Waals surface area (Å²) in [6.07, 6.45) is 28.4. The van der Waals surface area contributed by atoms with Gasteiger partial charge in [0.1, 0.15) is 12.9 Å². The number of aliphatic hydroxyl groups excluding tert-OH is 1. The van der Waals surface area contributed by atoms with Crippen molar-refractivity contribution >= 4 is 11.9 Å². The first kappa shape index (κ1) is 39.8. The summed E-state index contributed by atoms with van der Waals surface area (Å²) in [6, 6.07) is 0. The van der Waals surface area contributed by atoms with E-state index in [9.17, 15) is 14.7 Å². The van der Waals surface area contributed by atoms with Gasteiger partial charge in [-0.15, -0.1) is 0 Å². The highest BCUT2D eigenvalue weighted by atomic mass is 16.7. The molecule has 0 rings (SSSR count). The summed E-state index contributed by atoms with van der Waals surface area (Å²) in [5.41, 5.74) is 0. The van der Waals surface area contributed by atoms with Crippen LogP contribution in [0.5, 0.6) is 0 Å². The van der Waals surface area contributed by atoms with Crippen LogP contribution in [0.2, 0.25) is 0 Å². The van der Waals surface area contributed by atoms with E-state index in [-0.39, 0.29) is 31.9 Å². The molecule has 244 valence electrons. The van der Waals surface area contributed by atoms with Crippen molar-refractivity contribution in [3.63, 3.8) is 0 Å². The minimum Gasteiger partial charge on any atom is -0.457 e. The highest BCUT2D eigenvalue weighted by Gasteiger charge is 2.13. The molecule has 0 aromatic rings. The zero-order chi connectivity index (χ0) is 30.1. The number of nitrogens with one attached hydrogen (secondary N) is 1. The predicted octanol–water partition coefficient (Wildman–Crippen LogP) is 8.40. The van der Waals surface area contributed by atoms with Crippen molar-refractivity contribution < 1.29 is 28.9 Å². The molecule has 1 atom stereocenters. The summed E-state index contributed by atoms with van der Waals surface area (Å²) < 4.78 is 16.3. The average Bonchev–Trinajstić information content (AvgIpc) is 2.96. The Labute approximate surface area is 253 Å². The summed E-state index contributed by atoms with van der Waals surface area (Å²) in [5, 5.41) is 12.3. The zero-order valence-electron chi connectivity index (χ0n) is 27.1. The molecular weight excluding hydrogens is 518 g/mol. The van der Waals surface area contributed by atoms with E-state index in [4.69, 9.17) is 14.2 Å². The third-order valence-electron chi connectivity index (χ3n) is 7.55. The van der Waals surface area contributed by atoms with Crippen LogP contribution in [0.1, 0.15) is 168 Å². The number of hydrogen-bond acceptors (Lipinski definition) is 6. The van der Waals surface area contributed by atoms with Gasteiger partial charge in [0.2, 0.25) is 5.91 Å². The van der Waals surface area contributed by atoms with E-state index in [0.29, 0.717) is 13.0 Å². The largest absolute Gasteiger partial charge is 0.457 e. The van der Waals surface area contributed by atoms with Gasteiger partial charge >= 0.3 is 5.97 Å². The van der Waals surface area contributed by atoms with Gasteiger partial charge in [0, 0.05) is 26.5 Å². The molecule has 1 amide bonds. The van der Waals surface area contributed by atoms with Crippen LogP contribution in [-0.2, 0) is 23.8 Å². The molecule has 0 saturated carbocycles. The van der Waals surface area contributed by atoms with Gasteiger partial charge in [0.05, 0.1) is 13.2 Å². The van der Waals surface area contributed by atoms with E-state index in [1.165, 1.54) is 122 Å². The smallest absolute Gasteiger partial charge is 0.306 e. The Balaban J connectivity index is 3.38. The summed E-state index contributed by atoms with van der Waals surface area (Å²) in [4.78, 5) is 22.9. The van der Waals surface area contributed by atoms with Crippen LogP contribution in [0.3, 0.4) is 0 Å². The number of unbranched alkanes of at least 4 members (excludes halogenated alkanes) is 21. The van der Waals surface area contributed by atoms with Crippen molar-refractivity contribution in [1.82, 2.24) is 5.32 Å². The second kappa shape index (κ2) is 33.3. The molecule has 0 heterocycles. The van der Waals surface area contributed by atoms with Gasteiger partial charge in [-0.05, 0) is 19.3 Å². The first-order valence-corrected chi connectivity index (χ1v) is 17.3. The Bertz CT molecular complexity index is 559. The molecule has 0 spiro atoms. The van der Waals surface area contributed by atoms with Crippen LogP contribution in [0.15, 0.2) is 0 Å². The summed E-state index contributed by atoms with van der Waals surface area (Å²) in [6.45, 7) is 5.40. The number of rotatable bonds is 33. The van der Waals surface area contributed by atoms with Crippen LogP contribution in [0, 0.1) is 0 Å². The lowest BCUT2D eigenvalue weighted by Crippen LogP contribution is -2.27. The Hall–Kier alpha value is -1.18. The van der Waals surface area contributed by atoms with Gasteiger partial charge in [-0.3, -0.25) is 9.59 Å². The van der Waals surface area contributed by atoms with Crippen LogP contribution < -0.4 is 5.32 Å². The molecule has 0 fully saturated rings. The van der Waals surface area contributed by atoms with E-state index < -0.39 is 6.10 Å². The zero-order valence-corrected chi connectivity index (χ0v) is 27.1. The van der Waals surface area contributed by atoms with Gasteiger partial charge in [-0.2, -0.15) is 0 Å². The summed E-state index contributed by atoms with van der Waals surface area (Å²) in [7, 11) is 0. The monoisotopic (exact) mass is 585 g/mol. The first-order chi connectivity index (χ1) is 20.1. The molecule has 0 saturated heterocycles. The predicted molar refractivity (Wildman–Crippen MR) is 169 cm³/mol. The normalized spacial score (nSPS) is 12.0. The minimum atomic E-state index is -0.618. The fourth-order valence-corrected chi connectivity index (χ4v) is 4.96. The van der Waals surface area contributed by atoms with Crippen molar-refractivity contribution in [1.29, 1.82) is 0 Å². The van der Waals surface area contributed by atoms with Gasteiger partial charge in [0.15, 0.2) is 0 Å². The molecular formula is C34H67NO6. The van der Waals surface area contributed by atoms with Crippen molar-refractivity contribution in [2.45, 2.75) is 174 Å². The van der Waals surface area contributed by atoms with E-state index >= 15 is 0 Å². The van der Waals surface area contributed by atoms with Crippen LogP contribution >= 0.6 is 0 Å². The van der Waals surface area contributed by atoms with E-state index in [2.05, 4.69) is 12.2 Å². The average molecular weight is 586 g/mol. The Morgan fingerprint density at radius 1 is 0.634 bits per heavy atom. The SMILES string of the molecule is CCCCCCCCCCCCCCC(=O)O[C@@H](CO)COCOCCCCCCCCCCCCCNC(C)=O. The summed E-state index contributed by atoms with van der Waals surface area (Å²) in [5.74, 6) is -0.185. The number of hydrogen-bond donors (Lipinski definition) is 2. The van der Waals surface area contributed by atoms with Gasteiger partial charge in [-0.1, -0.05) is 135 Å². The Kier molecular flexibility index (Phi) is 32.4. The van der Waals surface area contributed by atoms with E-state index in [0.717, 1.165) is 32.2 Å². The van der Waals surface area contributed by atoms with E-state index in [1.54, 1.807) is 6.92 Å². The fraction of sp³-hybridized carbons (Fsp3) is 0.941. The van der Waals surface area contributed by atoms with Crippen molar-refractivity contribution in [2.24, 2.45) is 0 Å². The minimum absolute atomic E-state index is 0.0654. The standard InChI is InChI=1S/C34H67NO6/c1-3-4-5-6-7-8-9-11-14-17-20-23-26-34(38)41-33(29-36)30-40-31-39-28-25-22-19-16-13-10-12-15-18-21-24-27-35-32(2)37/h33,36H,3-31H2,1-2H3,(H,35,37)/t33-/m0/s1. The number of aliphatic hydroxyl groups is 1.